The Hall–Kier alpha value is -0.800. The Morgan fingerprint density at radius 3 is 3.00 bits per heavy atom. The molecule has 2 aromatic rings. The smallest absolute Gasteiger partial charge is 0.0949 e. The van der Waals surface area contributed by atoms with Crippen LogP contribution in [0.25, 0.3) is 0 Å². The summed E-state index contributed by atoms with van der Waals surface area (Å²) in [6.45, 7) is 0.859. The molecule has 0 saturated heterocycles. The van der Waals surface area contributed by atoms with Crippen molar-refractivity contribution in [2.45, 2.75) is 6.54 Å². The monoisotopic (exact) mass is 198 g/mol. The molecule has 0 bridgehead atoms. The number of rotatable bonds is 2. The minimum absolute atomic E-state index is 0.838. The maximum atomic E-state index is 5.79. The van der Waals surface area contributed by atoms with Gasteiger partial charge in [0.15, 0.2) is 0 Å². The van der Waals surface area contributed by atoms with E-state index in [4.69, 9.17) is 11.6 Å². The molecule has 0 fully saturated rings. The first-order valence-corrected chi connectivity index (χ1v) is 4.74. The number of imidazole rings is 1. The summed E-state index contributed by atoms with van der Waals surface area (Å²) in [5.74, 6) is 0. The number of hydrogen-bond donors (Lipinski definition) is 0. The maximum Gasteiger partial charge on any atom is 0.0949 e. The van der Waals surface area contributed by atoms with E-state index >= 15 is 0 Å². The minimum atomic E-state index is 0.838. The molecule has 0 radical (unpaired) electrons. The Morgan fingerprint density at radius 1 is 1.50 bits per heavy atom. The molecule has 0 aliphatic rings. The fourth-order valence-electron chi connectivity index (χ4n) is 0.997. The van der Waals surface area contributed by atoms with Crippen molar-refractivity contribution in [3.63, 3.8) is 0 Å². The fraction of sp³-hybridized carbons (Fsp3) is 0.125. The quantitative estimate of drug-likeness (QED) is 0.726. The van der Waals surface area contributed by atoms with E-state index in [1.807, 2.05) is 22.9 Å². The molecule has 2 rings (SSSR count). The molecule has 62 valence electrons. The Bertz CT molecular complexity index is 353. The van der Waals surface area contributed by atoms with E-state index in [-0.39, 0.29) is 0 Å². The van der Waals surface area contributed by atoms with Crippen LogP contribution < -0.4 is 0 Å². The average Bonchev–Trinajstić information content (AvgIpc) is 2.63. The number of thiophene rings is 1. The lowest BCUT2D eigenvalue weighted by Crippen LogP contribution is -1.92. The third-order valence-electron chi connectivity index (χ3n) is 1.53. The van der Waals surface area contributed by atoms with E-state index in [9.17, 15) is 0 Å². The molecule has 4 heteroatoms. The molecule has 0 aliphatic carbocycles. The third-order valence-corrected chi connectivity index (χ3v) is 2.74. The van der Waals surface area contributed by atoms with Gasteiger partial charge in [-0.1, -0.05) is 11.6 Å². The summed E-state index contributed by atoms with van der Waals surface area (Å²) in [5.41, 5.74) is 0. The molecule has 0 unspecified atom stereocenters. The minimum Gasteiger partial charge on any atom is -0.332 e. The van der Waals surface area contributed by atoms with E-state index in [0.717, 1.165) is 10.9 Å². The Labute approximate surface area is 79.4 Å². The second-order valence-electron chi connectivity index (χ2n) is 2.44. The zero-order valence-electron chi connectivity index (χ0n) is 6.27. The van der Waals surface area contributed by atoms with Crippen molar-refractivity contribution in [3.05, 3.63) is 40.1 Å². The second kappa shape index (κ2) is 3.29. The second-order valence-corrected chi connectivity index (χ2v) is 4.24. The van der Waals surface area contributed by atoms with E-state index < -0.39 is 0 Å². The SMILES string of the molecule is Clc1ccc(Cn2ccnc2)s1. The summed E-state index contributed by atoms with van der Waals surface area (Å²) in [7, 11) is 0. The lowest BCUT2D eigenvalue weighted by Gasteiger charge is -1.96. The third kappa shape index (κ3) is 1.68. The Kier molecular flexibility index (Phi) is 2.15. The molecular weight excluding hydrogens is 192 g/mol. The lowest BCUT2D eigenvalue weighted by molar-refractivity contribution is 0.810. The van der Waals surface area contributed by atoms with Crippen molar-refractivity contribution in [1.82, 2.24) is 9.55 Å². The summed E-state index contributed by atoms with van der Waals surface area (Å²) in [6, 6.07) is 3.95. The van der Waals surface area contributed by atoms with Gasteiger partial charge in [0.2, 0.25) is 0 Å². The van der Waals surface area contributed by atoms with E-state index in [2.05, 4.69) is 4.98 Å². The predicted octanol–water partition coefficient (Wildman–Crippen LogP) is 2.65. The highest BCUT2D eigenvalue weighted by Gasteiger charge is 1.97. The van der Waals surface area contributed by atoms with Gasteiger partial charge in [-0.15, -0.1) is 11.3 Å². The van der Waals surface area contributed by atoms with Gasteiger partial charge < -0.3 is 4.57 Å². The van der Waals surface area contributed by atoms with Crippen molar-refractivity contribution < 1.29 is 0 Å². The molecule has 0 atom stereocenters. The molecule has 0 spiro atoms. The standard InChI is InChI=1S/C8H7ClN2S/c9-8-2-1-7(12-8)5-11-4-3-10-6-11/h1-4,6H,5H2. The van der Waals surface area contributed by atoms with Gasteiger partial charge in [-0.2, -0.15) is 0 Å². The van der Waals surface area contributed by atoms with Gasteiger partial charge in [0.05, 0.1) is 17.2 Å². The molecule has 0 aliphatic heterocycles. The predicted molar refractivity (Wildman–Crippen MR) is 50.7 cm³/mol. The van der Waals surface area contributed by atoms with Crippen LogP contribution in [0.2, 0.25) is 4.34 Å². The van der Waals surface area contributed by atoms with Crippen LogP contribution in [0.15, 0.2) is 30.9 Å². The summed E-state index contributed by atoms with van der Waals surface area (Å²) in [4.78, 5) is 5.21. The molecule has 0 aromatic carbocycles. The van der Waals surface area contributed by atoms with Gasteiger partial charge in [0.25, 0.3) is 0 Å². The van der Waals surface area contributed by atoms with Crippen LogP contribution in [0.4, 0.5) is 0 Å². The van der Waals surface area contributed by atoms with Crippen LogP contribution in [0.5, 0.6) is 0 Å². The fourth-order valence-corrected chi connectivity index (χ4v) is 2.09. The van der Waals surface area contributed by atoms with Crippen molar-refractivity contribution in [3.8, 4) is 0 Å². The number of hydrogen-bond acceptors (Lipinski definition) is 2. The normalized spacial score (nSPS) is 10.4. The summed E-state index contributed by atoms with van der Waals surface area (Å²) in [5, 5.41) is 0. The molecule has 2 heterocycles. The molecular formula is C8H7ClN2S. The summed E-state index contributed by atoms with van der Waals surface area (Å²) >= 11 is 7.40. The van der Waals surface area contributed by atoms with Gasteiger partial charge in [-0.3, -0.25) is 0 Å². The Balaban J connectivity index is 2.14. The van der Waals surface area contributed by atoms with E-state index in [1.54, 1.807) is 23.9 Å². The molecule has 2 aromatic heterocycles. The highest BCUT2D eigenvalue weighted by molar-refractivity contribution is 7.16. The highest BCUT2D eigenvalue weighted by Crippen LogP contribution is 2.21. The van der Waals surface area contributed by atoms with Gasteiger partial charge in [-0.25, -0.2) is 4.98 Å². The van der Waals surface area contributed by atoms with Gasteiger partial charge >= 0.3 is 0 Å². The largest absolute Gasteiger partial charge is 0.332 e. The van der Waals surface area contributed by atoms with Crippen molar-refractivity contribution >= 4 is 22.9 Å². The van der Waals surface area contributed by atoms with Crippen molar-refractivity contribution in [1.29, 1.82) is 0 Å². The van der Waals surface area contributed by atoms with Crippen LogP contribution in [0, 0.1) is 0 Å². The van der Waals surface area contributed by atoms with Crippen LogP contribution in [0.1, 0.15) is 4.88 Å². The molecule has 2 nitrogen and oxygen atoms in total. The van der Waals surface area contributed by atoms with E-state index in [1.165, 1.54) is 4.88 Å². The first kappa shape index (κ1) is 7.83. The maximum absolute atomic E-state index is 5.79. The molecule has 12 heavy (non-hydrogen) atoms. The zero-order valence-corrected chi connectivity index (χ0v) is 7.85. The van der Waals surface area contributed by atoms with Crippen LogP contribution in [-0.4, -0.2) is 9.55 Å². The average molecular weight is 199 g/mol. The van der Waals surface area contributed by atoms with Gasteiger partial charge in [0.1, 0.15) is 0 Å². The topological polar surface area (TPSA) is 17.8 Å². The number of aromatic nitrogens is 2. The first-order chi connectivity index (χ1) is 5.84. The van der Waals surface area contributed by atoms with Crippen LogP contribution >= 0.6 is 22.9 Å². The lowest BCUT2D eigenvalue weighted by atomic mass is 10.5. The summed E-state index contributed by atoms with van der Waals surface area (Å²) in [6.07, 6.45) is 5.51. The number of nitrogens with zero attached hydrogens (tertiary/aromatic N) is 2. The first-order valence-electron chi connectivity index (χ1n) is 3.54. The van der Waals surface area contributed by atoms with Crippen LogP contribution in [0.3, 0.4) is 0 Å². The van der Waals surface area contributed by atoms with Crippen molar-refractivity contribution in [2.75, 3.05) is 0 Å². The van der Waals surface area contributed by atoms with E-state index in [0.29, 0.717) is 0 Å². The highest BCUT2D eigenvalue weighted by atomic mass is 35.5. The molecule has 0 amide bonds. The molecule has 0 saturated carbocycles. The van der Waals surface area contributed by atoms with Gasteiger partial charge in [-0.05, 0) is 12.1 Å². The summed E-state index contributed by atoms with van der Waals surface area (Å²) < 4.78 is 2.85. The van der Waals surface area contributed by atoms with Gasteiger partial charge in [0, 0.05) is 17.3 Å². The van der Waals surface area contributed by atoms with Crippen molar-refractivity contribution in [2.24, 2.45) is 0 Å². The Morgan fingerprint density at radius 2 is 2.42 bits per heavy atom. The number of halogens is 1. The van der Waals surface area contributed by atoms with Crippen LogP contribution in [-0.2, 0) is 6.54 Å². The molecule has 0 N–H and O–H groups in total. The zero-order chi connectivity index (χ0) is 8.39.